The zero-order valence-corrected chi connectivity index (χ0v) is 17.2. The van der Waals surface area contributed by atoms with Gasteiger partial charge in [0, 0.05) is 30.6 Å². The van der Waals surface area contributed by atoms with Gasteiger partial charge in [-0.1, -0.05) is 32.9 Å². The maximum Gasteiger partial charge on any atom is 0.204 e. The van der Waals surface area contributed by atoms with Gasteiger partial charge < -0.3 is 14.2 Å². The number of aromatic nitrogens is 4. The Kier molecular flexibility index (Phi) is 5.71. The molecule has 1 atom stereocenters. The molecule has 0 saturated carbocycles. The molecule has 1 fully saturated rings. The second-order valence-electron chi connectivity index (χ2n) is 8.42. The van der Waals surface area contributed by atoms with Crippen LogP contribution in [0.4, 0.5) is 0 Å². The number of rotatable bonds is 6. The zero-order chi connectivity index (χ0) is 19.7. The van der Waals surface area contributed by atoms with Gasteiger partial charge in [-0.25, -0.2) is 8.42 Å². The topological polar surface area (TPSA) is 111 Å². The minimum absolute atomic E-state index is 0.0443. The van der Waals surface area contributed by atoms with Crippen LogP contribution in [-0.4, -0.2) is 53.5 Å². The fourth-order valence-corrected chi connectivity index (χ4v) is 5.26. The van der Waals surface area contributed by atoms with E-state index in [9.17, 15) is 8.42 Å². The Morgan fingerprint density at radius 3 is 2.59 bits per heavy atom. The van der Waals surface area contributed by atoms with E-state index in [0.717, 1.165) is 18.5 Å². The zero-order valence-electron chi connectivity index (χ0n) is 16.4. The van der Waals surface area contributed by atoms with Crippen molar-refractivity contribution in [2.24, 2.45) is 5.92 Å². The summed E-state index contributed by atoms with van der Waals surface area (Å²) in [5.41, 5.74) is 0.693. The number of aromatic amines is 1. The summed E-state index contributed by atoms with van der Waals surface area (Å²) >= 11 is 0. The van der Waals surface area contributed by atoms with Crippen LogP contribution < -0.4 is 0 Å². The first kappa shape index (κ1) is 20.0. The van der Waals surface area contributed by atoms with E-state index in [-0.39, 0.29) is 28.8 Å². The number of nitrogens with zero attached hydrogens (tertiary/aromatic N) is 3. The number of hydrogen-bond donors (Lipinski definition) is 1. The number of sulfone groups is 1. The van der Waals surface area contributed by atoms with Crippen LogP contribution in [0.1, 0.15) is 58.0 Å². The average molecular weight is 397 g/mol. The van der Waals surface area contributed by atoms with Gasteiger partial charge in [-0.3, -0.25) is 0 Å². The van der Waals surface area contributed by atoms with Gasteiger partial charge in [-0.2, -0.15) is 0 Å². The Morgan fingerprint density at radius 1 is 1.26 bits per heavy atom. The van der Waals surface area contributed by atoms with Crippen molar-refractivity contribution in [3.05, 3.63) is 17.6 Å². The highest BCUT2D eigenvalue weighted by Gasteiger charge is 2.26. The molecule has 9 heteroatoms. The van der Waals surface area contributed by atoms with E-state index >= 15 is 0 Å². The Hall–Kier alpha value is -1.74. The normalized spacial score (nSPS) is 17.9. The molecule has 2 aromatic heterocycles. The summed E-state index contributed by atoms with van der Waals surface area (Å²) in [7, 11) is -3.18. The number of H-pyrrole nitrogens is 1. The SMILES string of the molecule is CC(CS(=O)(=O)CC1CCOCC1)c1nnc(-c2cc(C(C)(C)C)no2)[nH]1. The molecule has 150 valence electrons. The summed E-state index contributed by atoms with van der Waals surface area (Å²) in [6.07, 6.45) is 1.61. The molecule has 0 aliphatic carbocycles. The van der Waals surface area contributed by atoms with Gasteiger partial charge in [-0.15, -0.1) is 10.2 Å². The van der Waals surface area contributed by atoms with Crippen LogP contribution in [0, 0.1) is 5.92 Å². The fourth-order valence-electron chi connectivity index (χ4n) is 3.15. The van der Waals surface area contributed by atoms with Crippen molar-refractivity contribution in [2.45, 2.75) is 51.9 Å². The Bertz CT molecular complexity index is 860. The molecule has 1 aliphatic heterocycles. The first-order chi connectivity index (χ1) is 12.6. The lowest BCUT2D eigenvalue weighted by atomic mass is 9.92. The van der Waals surface area contributed by atoms with E-state index in [1.807, 2.05) is 33.8 Å². The molecule has 8 nitrogen and oxygen atoms in total. The molecule has 0 bridgehead atoms. The number of hydrogen-bond acceptors (Lipinski definition) is 7. The summed E-state index contributed by atoms with van der Waals surface area (Å²) in [5.74, 6) is 1.65. The molecule has 0 radical (unpaired) electrons. The maximum absolute atomic E-state index is 12.5. The van der Waals surface area contributed by atoms with Crippen molar-refractivity contribution >= 4 is 9.84 Å². The van der Waals surface area contributed by atoms with Crippen LogP contribution >= 0.6 is 0 Å². The molecule has 1 saturated heterocycles. The summed E-state index contributed by atoms with van der Waals surface area (Å²) in [4.78, 5) is 3.08. The lowest BCUT2D eigenvalue weighted by Gasteiger charge is -2.22. The predicted octanol–water partition coefficient (Wildman–Crippen LogP) is 2.70. The molecule has 0 amide bonds. The number of ether oxygens (including phenoxy) is 1. The Labute approximate surface area is 160 Å². The lowest BCUT2D eigenvalue weighted by Crippen LogP contribution is -2.26. The quantitative estimate of drug-likeness (QED) is 0.799. The number of nitrogens with one attached hydrogen (secondary N) is 1. The summed E-state index contributed by atoms with van der Waals surface area (Å²) in [5, 5.41) is 12.3. The highest BCUT2D eigenvalue weighted by molar-refractivity contribution is 7.91. The molecule has 3 heterocycles. The molecule has 27 heavy (non-hydrogen) atoms. The maximum atomic E-state index is 12.5. The van der Waals surface area contributed by atoms with Crippen LogP contribution in [0.2, 0.25) is 0 Å². The minimum atomic E-state index is -3.18. The second-order valence-corrected chi connectivity index (χ2v) is 10.6. The van der Waals surface area contributed by atoms with Crippen LogP contribution in [0.15, 0.2) is 10.6 Å². The summed E-state index contributed by atoms with van der Waals surface area (Å²) in [6.45, 7) is 9.28. The Balaban J connectivity index is 1.65. The second kappa shape index (κ2) is 7.71. The lowest BCUT2D eigenvalue weighted by molar-refractivity contribution is 0.0723. The van der Waals surface area contributed by atoms with Gasteiger partial charge in [0.15, 0.2) is 15.7 Å². The molecular formula is C18H28N4O4S. The van der Waals surface area contributed by atoms with Crippen molar-refractivity contribution in [2.75, 3.05) is 24.7 Å². The molecular weight excluding hydrogens is 368 g/mol. The van der Waals surface area contributed by atoms with E-state index < -0.39 is 9.84 Å². The Morgan fingerprint density at radius 2 is 1.96 bits per heavy atom. The average Bonchev–Trinajstić information content (AvgIpc) is 3.24. The minimum Gasteiger partial charge on any atom is -0.381 e. The van der Waals surface area contributed by atoms with E-state index in [2.05, 4.69) is 20.3 Å². The van der Waals surface area contributed by atoms with E-state index in [1.54, 1.807) is 0 Å². The van der Waals surface area contributed by atoms with Crippen molar-refractivity contribution in [3.8, 4) is 11.6 Å². The molecule has 1 N–H and O–H groups in total. The van der Waals surface area contributed by atoms with Crippen LogP contribution in [0.3, 0.4) is 0 Å². The van der Waals surface area contributed by atoms with Crippen molar-refractivity contribution in [3.63, 3.8) is 0 Å². The molecule has 1 aliphatic rings. The third kappa shape index (κ3) is 5.16. The summed E-state index contributed by atoms with van der Waals surface area (Å²) in [6, 6.07) is 1.83. The first-order valence-electron chi connectivity index (χ1n) is 9.32. The molecule has 0 spiro atoms. The molecule has 2 aromatic rings. The monoisotopic (exact) mass is 396 g/mol. The van der Waals surface area contributed by atoms with E-state index in [4.69, 9.17) is 9.26 Å². The fraction of sp³-hybridized carbons (Fsp3) is 0.722. The van der Waals surface area contributed by atoms with Gasteiger partial charge in [-0.05, 0) is 18.8 Å². The molecule has 1 unspecified atom stereocenters. The van der Waals surface area contributed by atoms with Gasteiger partial charge >= 0.3 is 0 Å². The predicted molar refractivity (Wildman–Crippen MR) is 101 cm³/mol. The third-order valence-electron chi connectivity index (χ3n) is 4.82. The van der Waals surface area contributed by atoms with Gasteiger partial charge in [0.2, 0.25) is 5.76 Å². The summed E-state index contributed by atoms with van der Waals surface area (Å²) < 4.78 is 35.7. The van der Waals surface area contributed by atoms with Crippen molar-refractivity contribution in [1.82, 2.24) is 20.3 Å². The standard InChI is InChI=1S/C18H28N4O4S/c1-12(10-27(23,24)11-13-5-7-25-8-6-13)16-19-17(21-20-16)14-9-15(22-26-14)18(2,3)4/h9,12-13H,5-8,10-11H2,1-4H3,(H,19,20,21). The van der Waals surface area contributed by atoms with E-state index in [0.29, 0.717) is 30.6 Å². The van der Waals surface area contributed by atoms with Crippen LogP contribution in [0.5, 0.6) is 0 Å². The highest BCUT2D eigenvalue weighted by Crippen LogP contribution is 2.26. The molecule has 0 aromatic carbocycles. The van der Waals surface area contributed by atoms with Crippen molar-refractivity contribution < 1.29 is 17.7 Å². The van der Waals surface area contributed by atoms with Gasteiger partial charge in [0.05, 0.1) is 17.2 Å². The highest BCUT2D eigenvalue weighted by atomic mass is 32.2. The van der Waals surface area contributed by atoms with Gasteiger partial charge in [0.25, 0.3) is 0 Å². The van der Waals surface area contributed by atoms with Gasteiger partial charge in [0.1, 0.15) is 5.82 Å². The smallest absolute Gasteiger partial charge is 0.204 e. The van der Waals surface area contributed by atoms with Crippen LogP contribution in [-0.2, 0) is 20.0 Å². The van der Waals surface area contributed by atoms with Crippen molar-refractivity contribution in [1.29, 1.82) is 0 Å². The largest absolute Gasteiger partial charge is 0.381 e. The van der Waals surface area contributed by atoms with Crippen LogP contribution in [0.25, 0.3) is 11.6 Å². The molecule has 3 rings (SSSR count). The first-order valence-corrected chi connectivity index (χ1v) is 11.1. The van der Waals surface area contributed by atoms with E-state index in [1.165, 1.54) is 0 Å². The third-order valence-corrected chi connectivity index (χ3v) is 6.80.